The number of guanidine groups is 1. The molecule has 25 heavy (non-hydrogen) atoms. The van der Waals surface area contributed by atoms with Gasteiger partial charge in [-0.3, -0.25) is 10.2 Å². The molecule has 0 spiro atoms. The van der Waals surface area contributed by atoms with Gasteiger partial charge in [0.15, 0.2) is 5.03 Å². The van der Waals surface area contributed by atoms with Crippen molar-refractivity contribution in [3.8, 4) is 0 Å². The number of rotatable bonds is 9. The van der Waals surface area contributed by atoms with E-state index in [4.69, 9.17) is 5.41 Å². The maximum Gasteiger partial charge on any atom is 0.251 e. The van der Waals surface area contributed by atoms with Gasteiger partial charge in [0.05, 0.1) is 6.04 Å². The number of benzene rings is 1. The van der Waals surface area contributed by atoms with E-state index in [0.717, 1.165) is 5.56 Å². The van der Waals surface area contributed by atoms with E-state index >= 15 is 0 Å². The zero-order valence-corrected chi connectivity index (χ0v) is 13.8. The summed E-state index contributed by atoms with van der Waals surface area (Å²) in [5.74, 6) is -0.769. The molecule has 1 rings (SSSR count). The number of carbonyl (C=O) groups is 2. The van der Waals surface area contributed by atoms with Crippen LogP contribution in [0.3, 0.4) is 0 Å². The molecule has 134 valence electrons. The number of amides is 1. The molecule has 9 nitrogen and oxygen atoms in total. The lowest BCUT2D eigenvalue weighted by molar-refractivity contribution is -0.525. The first-order chi connectivity index (χ1) is 11.9. The van der Waals surface area contributed by atoms with Crippen LogP contribution in [0.4, 0.5) is 0 Å². The van der Waals surface area contributed by atoms with Crippen LogP contribution in [0.5, 0.6) is 0 Å². The number of carbonyl (C=O) groups excluding carboxylic acids is 2. The molecule has 0 saturated heterocycles. The highest BCUT2D eigenvalue weighted by Crippen LogP contribution is 2.06. The first-order valence-electron chi connectivity index (χ1n) is 7.65. The van der Waals surface area contributed by atoms with Gasteiger partial charge in [0.2, 0.25) is 5.91 Å². The van der Waals surface area contributed by atoms with Gasteiger partial charge in [-0.2, -0.15) is 0 Å². The zero-order chi connectivity index (χ0) is 18.7. The second-order valence-electron chi connectivity index (χ2n) is 5.27. The van der Waals surface area contributed by atoms with Crippen molar-refractivity contribution >= 4 is 24.2 Å². The molecule has 0 aliphatic heterocycles. The summed E-state index contributed by atoms with van der Waals surface area (Å²) >= 11 is 0. The number of hydrogen-bond donors (Lipinski definition) is 4. The van der Waals surface area contributed by atoms with E-state index in [9.17, 15) is 19.7 Å². The van der Waals surface area contributed by atoms with E-state index in [-0.39, 0.29) is 12.5 Å². The third-order valence-electron chi connectivity index (χ3n) is 3.22. The normalized spacial score (nSPS) is 12.0. The van der Waals surface area contributed by atoms with E-state index in [1.165, 1.54) is 0 Å². The maximum absolute atomic E-state index is 12.1. The van der Waals surface area contributed by atoms with Crippen molar-refractivity contribution in [3.63, 3.8) is 0 Å². The van der Waals surface area contributed by atoms with E-state index in [0.29, 0.717) is 24.7 Å². The number of nitro groups is 1. The van der Waals surface area contributed by atoms with E-state index in [2.05, 4.69) is 10.6 Å². The Bertz CT molecular complexity index is 645. The summed E-state index contributed by atoms with van der Waals surface area (Å²) in [6.45, 7) is 1.93. The Balaban J connectivity index is 2.41. The fourth-order valence-electron chi connectivity index (χ4n) is 1.99. The third-order valence-corrected chi connectivity index (χ3v) is 3.22. The zero-order valence-electron chi connectivity index (χ0n) is 13.8. The summed E-state index contributed by atoms with van der Waals surface area (Å²) in [6, 6.07) is 8.68. The second kappa shape index (κ2) is 10.5. The van der Waals surface area contributed by atoms with Crippen LogP contribution in [0.15, 0.2) is 35.9 Å². The minimum Gasteiger partial charge on any atom is -0.352 e. The fraction of sp³-hybridized carbons (Fsp3) is 0.312. The van der Waals surface area contributed by atoms with Crippen LogP contribution in [0.25, 0.3) is 6.08 Å². The third kappa shape index (κ3) is 8.26. The Morgan fingerprint density at radius 1 is 1.36 bits per heavy atom. The summed E-state index contributed by atoms with van der Waals surface area (Å²) in [6.07, 6.45) is 3.18. The number of nitrogens with zero attached hydrogens (tertiary/aromatic N) is 1. The Morgan fingerprint density at radius 2 is 2.04 bits per heavy atom. The largest absolute Gasteiger partial charge is 0.352 e. The molecule has 0 saturated carbocycles. The van der Waals surface area contributed by atoms with Crippen molar-refractivity contribution in [2.45, 2.75) is 25.8 Å². The van der Waals surface area contributed by atoms with Gasteiger partial charge < -0.3 is 15.4 Å². The molecule has 0 radical (unpaired) electrons. The molecule has 0 bridgehead atoms. The molecule has 9 heteroatoms. The minimum atomic E-state index is -0.842. The van der Waals surface area contributed by atoms with Gasteiger partial charge in [-0.25, -0.2) is 10.1 Å². The first-order valence-corrected chi connectivity index (χ1v) is 7.65. The average Bonchev–Trinajstić information content (AvgIpc) is 2.57. The first kappa shape index (κ1) is 19.8. The summed E-state index contributed by atoms with van der Waals surface area (Å²) in [5, 5.41) is 21.6. The predicted octanol–water partition coefficient (Wildman–Crippen LogP) is 0.859. The van der Waals surface area contributed by atoms with Crippen LogP contribution >= 0.6 is 0 Å². The molecule has 0 aliphatic rings. The lowest BCUT2D eigenvalue weighted by Crippen LogP contribution is -2.41. The van der Waals surface area contributed by atoms with E-state index in [1.807, 2.05) is 30.3 Å². The molecule has 4 N–H and O–H groups in total. The highest BCUT2D eigenvalue weighted by molar-refractivity contribution is 5.98. The van der Waals surface area contributed by atoms with Gasteiger partial charge in [0, 0.05) is 12.1 Å². The monoisotopic (exact) mass is 347 g/mol. The molecule has 0 aliphatic carbocycles. The SMILES string of the molecule is C/C(=C\c1ccccc1)C(=O)NC(C=O)CCCNC(=N)N[N+](=O)[O-]. The summed E-state index contributed by atoms with van der Waals surface area (Å²) in [7, 11) is 0. The van der Waals surface area contributed by atoms with Crippen LogP contribution in [0, 0.1) is 15.5 Å². The predicted molar refractivity (Wildman–Crippen MR) is 93.2 cm³/mol. The topological polar surface area (TPSA) is 137 Å². The van der Waals surface area contributed by atoms with Gasteiger partial charge in [0.25, 0.3) is 5.96 Å². The van der Waals surface area contributed by atoms with Crippen LogP contribution in [0.1, 0.15) is 25.3 Å². The van der Waals surface area contributed by atoms with Crippen molar-refractivity contribution in [1.82, 2.24) is 16.1 Å². The second-order valence-corrected chi connectivity index (χ2v) is 5.27. The van der Waals surface area contributed by atoms with Crippen molar-refractivity contribution in [1.29, 1.82) is 5.41 Å². The molecular formula is C16H21N5O4. The molecule has 1 amide bonds. The van der Waals surface area contributed by atoms with Crippen molar-refractivity contribution in [3.05, 3.63) is 51.6 Å². The standard InChI is InChI=1S/C16H21N5O4/c1-12(10-13-6-3-2-4-7-13)15(23)19-14(11-22)8-5-9-18-16(17)20-21(24)25/h2-4,6-7,10-11,14H,5,8-9H2,1H3,(H,19,23)(H3,17,18,20)/b12-10+. The Morgan fingerprint density at radius 3 is 2.64 bits per heavy atom. The smallest absolute Gasteiger partial charge is 0.251 e. The Hall–Kier alpha value is -3.23. The van der Waals surface area contributed by atoms with Gasteiger partial charge in [-0.05, 0) is 31.4 Å². The molecule has 0 heterocycles. The number of hydrogen-bond acceptors (Lipinski definition) is 5. The van der Waals surface area contributed by atoms with Crippen LogP contribution in [-0.2, 0) is 9.59 Å². The van der Waals surface area contributed by atoms with Crippen LogP contribution < -0.4 is 16.1 Å². The molecule has 1 aromatic rings. The molecule has 0 fully saturated rings. The van der Waals surface area contributed by atoms with Gasteiger partial charge in [-0.1, -0.05) is 35.8 Å². The number of aldehydes is 1. The summed E-state index contributed by atoms with van der Waals surface area (Å²) in [4.78, 5) is 33.3. The molecule has 1 unspecified atom stereocenters. The lowest BCUT2D eigenvalue weighted by Gasteiger charge is -2.13. The molecule has 0 aromatic heterocycles. The van der Waals surface area contributed by atoms with Crippen molar-refractivity contribution < 1.29 is 14.6 Å². The van der Waals surface area contributed by atoms with Gasteiger partial charge in [0.1, 0.15) is 6.29 Å². The average molecular weight is 347 g/mol. The quantitative estimate of drug-likeness (QED) is 0.0994. The summed E-state index contributed by atoms with van der Waals surface area (Å²) in [5.41, 5.74) is 3.03. The highest BCUT2D eigenvalue weighted by atomic mass is 16.7. The number of hydrazine groups is 1. The van der Waals surface area contributed by atoms with Crippen LogP contribution in [-0.4, -0.2) is 35.8 Å². The number of nitrogens with one attached hydrogen (secondary N) is 4. The Labute approximate surface area is 145 Å². The molecule has 1 aromatic carbocycles. The Kier molecular flexibility index (Phi) is 8.34. The lowest BCUT2D eigenvalue weighted by atomic mass is 10.1. The van der Waals surface area contributed by atoms with Crippen molar-refractivity contribution in [2.75, 3.05) is 6.54 Å². The summed E-state index contributed by atoms with van der Waals surface area (Å²) < 4.78 is 0. The van der Waals surface area contributed by atoms with Gasteiger partial charge in [-0.15, -0.1) is 0 Å². The highest BCUT2D eigenvalue weighted by Gasteiger charge is 2.12. The maximum atomic E-state index is 12.1. The van der Waals surface area contributed by atoms with Crippen molar-refractivity contribution in [2.24, 2.45) is 0 Å². The molecular weight excluding hydrogens is 326 g/mol. The minimum absolute atomic E-state index is 0.263. The fourth-order valence-corrected chi connectivity index (χ4v) is 1.99. The van der Waals surface area contributed by atoms with Gasteiger partial charge >= 0.3 is 0 Å². The van der Waals surface area contributed by atoms with Crippen LogP contribution in [0.2, 0.25) is 0 Å². The van der Waals surface area contributed by atoms with E-state index in [1.54, 1.807) is 18.4 Å². The van der Waals surface area contributed by atoms with E-state index < -0.39 is 17.0 Å². The molecule has 1 atom stereocenters.